The van der Waals surface area contributed by atoms with Crippen molar-refractivity contribution in [3.05, 3.63) is 0 Å². The maximum atomic E-state index is 2.47. The molecule has 0 saturated heterocycles. The van der Waals surface area contributed by atoms with Crippen LogP contribution in [0.1, 0.15) is 61.8 Å². The molecule has 0 nitrogen and oxygen atoms in total. The van der Waals surface area contributed by atoms with E-state index in [1.165, 1.54) is 6.42 Å². The van der Waals surface area contributed by atoms with Crippen molar-refractivity contribution in [3.63, 3.8) is 0 Å². The van der Waals surface area contributed by atoms with Crippen molar-refractivity contribution < 1.29 is 0 Å². The van der Waals surface area contributed by atoms with Gasteiger partial charge in [-0.15, -0.1) is 0 Å². The van der Waals surface area contributed by atoms with E-state index < -0.39 is 0 Å². The van der Waals surface area contributed by atoms with Gasteiger partial charge in [0.05, 0.1) is 0 Å². The first-order valence-electron chi connectivity index (χ1n) is 8.77. The molecule has 0 aromatic carbocycles. The molecule has 4 atom stereocenters. The third-order valence-electron chi connectivity index (χ3n) is 6.49. The second-order valence-electron chi connectivity index (χ2n) is 8.85. The van der Waals surface area contributed by atoms with Gasteiger partial charge in [-0.2, -0.15) is 0 Å². The largest absolute Gasteiger partial charge is 0.0625 e. The molecule has 2 aliphatic carbocycles. The maximum Gasteiger partial charge on any atom is -0.0326 e. The van der Waals surface area contributed by atoms with Crippen LogP contribution >= 0.6 is 0 Å². The molecule has 0 spiro atoms. The summed E-state index contributed by atoms with van der Waals surface area (Å²) in [6, 6.07) is 0. The Bertz CT molecular complexity index is 241. The number of hydrogen-bond donors (Lipinski definition) is 0. The monoisotopic (exact) mass is 264 g/mol. The Balaban J connectivity index is 2.34. The van der Waals surface area contributed by atoms with Crippen LogP contribution in [0.25, 0.3) is 0 Å². The Morgan fingerprint density at radius 1 is 0.474 bits per heavy atom. The molecule has 4 unspecified atom stereocenters. The molecule has 112 valence electrons. The molecule has 2 aliphatic rings. The van der Waals surface area contributed by atoms with Gasteiger partial charge < -0.3 is 0 Å². The van der Waals surface area contributed by atoms with Gasteiger partial charge in [-0.3, -0.25) is 0 Å². The van der Waals surface area contributed by atoms with Gasteiger partial charge in [0.1, 0.15) is 0 Å². The molecule has 2 saturated carbocycles. The van der Waals surface area contributed by atoms with E-state index in [0.717, 1.165) is 59.2 Å². The lowest BCUT2D eigenvalue weighted by Crippen LogP contribution is -2.43. The standard InChI is InChI=1S/C19H36/c1-10(2)16-14-9-15(17(16)11(3)4)19(13(7)8)18(14)12(5)6/h10-19H,9H2,1-8H3. The second-order valence-corrected chi connectivity index (χ2v) is 8.85. The van der Waals surface area contributed by atoms with Gasteiger partial charge in [0.25, 0.3) is 0 Å². The fraction of sp³-hybridized carbons (Fsp3) is 1.00. The summed E-state index contributed by atoms with van der Waals surface area (Å²) in [5.74, 6) is 9.50. The van der Waals surface area contributed by atoms with Gasteiger partial charge in [0.2, 0.25) is 0 Å². The first-order chi connectivity index (χ1) is 8.77. The van der Waals surface area contributed by atoms with Gasteiger partial charge >= 0.3 is 0 Å². The van der Waals surface area contributed by atoms with E-state index in [1.54, 1.807) is 0 Å². The van der Waals surface area contributed by atoms with Crippen LogP contribution in [0.3, 0.4) is 0 Å². The molecule has 2 fully saturated rings. The molecule has 19 heavy (non-hydrogen) atoms. The van der Waals surface area contributed by atoms with E-state index in [9.17, 15) is 0 Å². The zero-order chi connectivity index (χ0) is 14.5. The normalized spacial score (nSPS) is 42.3. The molecule has 0 amide bonds. The van der Waals surface area contributed by atoms with Crippen LogP contribution in [0.2, 0.25) is 0 Å². The molecule has 0 heterocycles. The van der Waals surface area contributed by atoms with Crippen molar-refractivity contribution in [1.82, 2.24) is 0 Å². The van der Waals surface area contributed by atoms with Crippen LogP contribution in [-0.4, -0.2) is 0 Å². The average Bonchev–Trinajstić information content (AvgIpc) is 2.81. The molecular formula is C19H36. The fourth-order valence-electron chi connectivity index (χ4n) is 6.35. The Kier molecular flexibility index (Phi) is 4.38. The van der Waals surface area contributed by atoms with E-state index in [0.29, 0.717) is 0 Å². The van der Waals surface area contributed by atoms with Crippen molar-refractivity contribution in [2.45, 2.75) is 61.8 Å². The van der Waals surface area contributed by atoms with E-state index in [-0.39, 0.29) is 0 Å². The van der Waals surface area contributed by atoms with Crippen molar-refractivity contribution in [2.24, 2.45) is 59.2 Å². The highest BCUT2D eigenvalue weighted by Crippen LogP contribution is 2.65. The summed E-state index contributed by atoms with van der Waals surface area (Å²) in [5, 5.41) is 0. The lowest BCUT2D eigenvalue weighted by molar-refractivity contribution is 0.000870. The summed E-state index contributed by atoms with van der Waals surface area (Å²) in [5.41, 5.74) is 0. The highest BCUT2D eigenvalue weighted by molar-refractivity contribution is 5.07. The molecule has 0 N–H and O–H groups in total. The minimum Gasteiger partial charge on any atom is -0.0625 e. The molecule has 0 aromatic heterocycles. The van der Waals surface area contributed by atoms with Gasteiger partial charge in [-0.05, 0) is 65.6 Å². The molecule has 2 rings (SSSR count). The summed E-state index contributed by atoms with van der Waals surface area (Å²) in [4.78, 5) is 0. The molecule has 0 heteroatoms. The van der Waals surface area contributed by atoms with Gasteiger partial charge in [-0.1, -0.05) is 55.4 Å². The van der Waals surface area contributed by atoms with Crippen molar-refractivity contribution in [2.75, 3.05) is 0 Å². The third kappa shape index (κ3) is 2.38. The summed E-state index contributed by atoms with van der Waals surface area (Å²) >= 11 is 0. The fourth-order valence-corrected chi connectivity index (χ4v) is 6.35. The Morgan fingerprint density at radius 2 is 0.684 bits per heavy atom. The van der Waals surface area contributed by atoms with E-state index in [2.05, 4.69) is 55.4 Å². The first-order valence-corrected chi connectivity index (χ1v) is 8.77. The molecule has 2 bridgehead atoms. The summed E-state index contributed by atoms with van der Waals surface area (Å²) in [6.45, 7) is 19.8. The van der Waals surface area contributed by atoms with Gasteiger partial charge in [0.15, 0.2) is 0 Å². The van der Waals surface area contributed by atoms with Crippen LogP contribution in [0.5, 0.6) is 0 Å². The minimum atomic E-state index is 0.872. The smallest absolute Gasteiger partial charge is 0.0326 e. The van der Waals surface area contributed by atoms with Crippen molar-refractivity contribution in [1.29, 1.82) is 0 Å². The second kappa shape index (κ2) is 5.41. The Morgan fingerprint density at radius 3 is 0.842 bits per heavy atom. The molecular weight excluding hydrogens is 228 g/mol. The zero-order valence-corrected chi connectivity index (χ0v) is 14.5. The quantitative estimate of drug-likeness (QED) is 0.608. The molecule has 0 radical (unpaired) electrons. The van der Waals surface area contributed by atoms with Gasteiger partial charge in [-0.25, -0.2) is 0 Å². The number of rotatable bonds is 4. The Hall–Kier alpha value is 0. The minimum absolute atomic E-state index is 0.872. The third-order valence-corrected chi connectivity index (χ3v) is 6.49. The van der Waals surface area contributed by atoms with Gasteiger partial charge in [0, 0.05) is 0 Å². The molecule has 0 aliphatic heterocycles. The summed E-state index contributed by atoms with van der Waals surface area (Å²) < 4.78 is 0. The SMILES string of the molecule is CC(C)C1C2CC(C1C(C)C)C(C(C)C)C2C(C)C. The zero-order valence-electron chi connectivity index (χ0n) is 14.5. The Labute approximate surface area is 121 Å². The van der Waals surface area contributed by atoms with Crippen LogP contribution in [0.15, 0.2) is 0 Å². The number of fused-ring (bicyclic) bond motifs is 2. The van der Waals surface area contributed by atoms with E-state index in [1.807, 2.05) is 0 Å². The lowest BCUT2D eigenvalue weighted by atomic mass is 9.57. The van der Waals surface area contributed by atoms with Crippen LogP contribution in [0.4, 0.5) is 0 Å². The van der Waals surface area contributed by atoms with Crippen LogP contribution in [0, 0.1) is 59.2 Å². The highest BCUT2D eigenvalue weighted by atomic mass is 14.6. The predicted octanol–water partition coefficient (Wildman–Crippen LogP) is 5.72. The topological polar surface area (TPSA) is 0 Å². The first kappa shape index (κ1) is 15.4. The predicted molar refractivity (Wildman–Crippen MR) is 84.9 cm³/mol. The van der Waals surface area contributed by atoms with Crippen molar-refractivity contribution >= 4 is 0 Å². The van der Waals surface area contributed by atoms with Crippen LogP contribution in [-0.2, 0) is 0 Å². The summed E-state index contributed by atoms with van der Waals surface area (Å²) in [6.07, 6.45) is 1.54. The summed E-state index contributed by atoms with van der Waals surface area (Å²) in [7, 11) is 0. The van der Waals surface area contributed by atoms with Crippen LogP contribution < -0.4 is 0 Å². The molecule has 0 aromatic rings. The average molecular weight is 264 g/mol. The lowest BCUT2D eigenvalue weighted by Gasteiger charge is -2.47. The number of hydrogen-bond acceptors (Lipinski definition) is 0. The van der Waals surface area contributed by atoms with E-state index in [4.69, 9.17) is 0 Å². The van der Waals surface area contributed by atoms with Crippen molar-refractivity contribution in [3.8, 4) is 0 Å². The van der Waals surface area contributed by atoms with E-state index >= 15 is 0 Å². The maximum absolute atomic E-state index is 2.47. The highest BCUT2D eigenvalue weighted by Gasteiger charge is 2.59.